The Labute approximate surface area is 163 Å². The van der Waals surface area contributed by atoms with Crippen molar-refractivity contribution in [3.05, 3.63) is 35.0 Å². The van der Waals surface area contributed by atoms with Gasteiger partial charge in [0.15, 0.2) is 23.8 Å². The molecule has 0 atom stereocenters. The van der Waals surface area contributed by atoms with Gasteiger partial charge in [0.25, 0.3) is 0 Å². The summed E-state index contributed by atoms with van der Waals surface area (Å²) in [6.07, 6.45) is 1.08. The summed E-state index contributed by atoms with van der Waals surface area (Å²) in [5, 5.41) is 11.2. The zero-order valence-corrected chi connectivity index (χ0v) is 16.0. The lowest BCUT2D eigenvalue weighted by atomic mass is 10.1. The summed E-state index contributed by atoms with van der Waals surface area (Å²) in [7, 11) is 0. The lowest BCUT2D eigenvalue weighted by molar-refractivity contribution is 0.270. The fourth-order valence-corrected chi connectivity index (χ4v) is 4.02. The number of benzene rings is 2. The van der Waals surface area contributed by atoms with E-state index in [0.717, 1.165) is 65.4 Å². The predicted molar refractivity (Wildman–Crippen MR) is 105 cm³/mol. The van der Waals surface area contributed by atoms with Crippen LogP contribution in [-0.2, 0) is 0 Å². The second kappa shape index (κ2) is 6.98. The summed E-state index contributed by atoms with van der Waals surface area (Å²) in [6, 6.07) is 7.88. The number of nitrogens with zero attached hydrogens (tertiary/aromatic N) is 3. The van der Waals surface area contributed by atoms with Gasteiger partial charge >= 0.3 is 0 Å². The van der Waals surface area contributed by atoms with Crippen molar-refractivity contribution in [2.45, 2.75) is 13.3 Å². The first-order valence-corrected chi connectivity index (χ1v) is 9.89. The molecule has 146 valence electrons. The normalized spacial score (nSPS) is 16.5. The summed E-state index contributed by atoms with van der Waals surface area (Å²) in [6.45, 7) is 6.75. The van der Waals surface area contributed by atoms with Crippen molar-refractivity contribution in [2.24, 2.45) is 4.99 Å². The first-order valence-electron chi connectivity index (χ1n) is 9.89. The zero-order valence-electron chi connectivity index (χ0n) is 16.0. The van der Waals surface area contributed by atoms with E-state index in [2.05, 4.69) is 16.4 Å². The summed E-state index contributed by atoms with van der Waals surface area (Å²) in [5.41, 5.74) is 1.69. The van der Waals surface area contributed by atoms with Gasteiger partial charge in [0, 0.05) is 31.2 Å². The molecule has 7 nitrogen and oxygen atoms in total. The molecule has 0 amide bonds. The highest BCUT2D eigenvalue weighted by atomic mass is 16.5. The average molecular weight is 382 g/mol. The molecule has 2 aromatic rings. The number of fused-ring (bicyclic) bond motifs is 4. The molecule has 0 bridgehead atoms. The van der Waals surface area contributed by atoms with Crippen molar-refractivity contribution in [2.75, 3.05) is 50.9 Å². The van der Waals surface area contributed by atoms with Crippen molar-refractivity contribution >= 4 is 11.4 Å². The van der Waals surface area contributed by atoms with Gasteiger partial charge in [-0.15, -0.1) is 0 Å². The molecule has 3 aliphatic rings. The molecule has 0 spiro atoms. The Hall–Kier alpha value is -2.80. The second-order valence-electron chi connectivity index (χ2n) is 7.18. The predicted octanol–water partition coefficient (Wildman–Crippen LogP) is 1.23. The van der Waals surface area contributed by atoms with Crippen LogP contribution in [0.25, 0.3) is 0 Å². The van der Waals surface area contributed by atoms with E-state index in [4.69, 9.17) is 19.2 Å². The van der Waals surface area contributed by atoms with Crippen LogP contribution in [0.5, 0.6) is 23.0 Å². The van der Waals surface area contributed by atoms with Gasteiger partial charge in [-0.25, -0.2) is 9.57 Å². The van der Waals surface area contributed by atoms with E-state index in [-0.39, 0.29) is 6.61 Å². The Morgan fingerprint density at radius 2 is 1.96 bits per heavy atom. The van der Waals surface area contributed by atoms with E-state index >= 15 is 0 Å². The highest BCUT2D eigenvalue weighted by Crippen LogP contribution is 2.44. The molecule has 7 heteroatoms. The lowest BCUT2D eigenvalue weighted by Crippen LogP contribution is -2.40. The molecule has 2 aromatic carbocycles. The van der Waals surface area contributed by atoms with Crippen LogP contribution < -0.4 is 34.4 Å². The molecule has 0 radical (unpaired) electrons. The van der Waals surface area contributed by atoms with Gasteiger partial charge in [-0.3, -0.25) is 0 Å². The number of β-amino-alcohol motifs (C(OH)–C–C–N with tert-alkyl or cyclic N) is 1. The maximum atomic E-state index is 9.35. The molecule has 0 saturated carbocycles. The third kappa shape index (κ3) is 2.86. The molecule has 0 aliphatic carbocycles. The lowest BCUT2D eigenvalue weighted by Gasteiger charge is -2.31. The van der Waals surface area contributed by atoms with Gasteiger partial charge in [-0.2, -0.15) is 0 Å². The van der Waals surface area contributed by atoms with Crippen LogP contribution in [0.1, 0.15) is 13.3 Å². The Balaban J connectivity index is 1.62. The summed E-state index contributed by atoms with van der Waals surface area (Å²) < 4.78 is 20.3. The van der Waals surface area contributed by atoms with E-state index in [1.54, 1.807) is 0 Å². The van der Waals surface area contributed by atoms with E-state index in [1.165, 1.54) is 0 Å². The van der Waals surface area contributed by atoms with Crippen molar-refractivity contribution in [3.63, 3.8) is 0 Å². The summed E-state index contributed by atoms with van der Waals surface area (Å²) >= 11 is 0. The Bertz CT molecular complexity index is 1050. The van der Waals surface area contributed by atoms with Gasteiger partial charge in [-0.1, -0.05) is 6.92 Å². The van der Waals surface area contributed by atoms with Gasteiger partial charge in [0.05, 0.1) is 24.9 Å². The molecule has 0 saturated heterocycles. The number of anilines is 1. The number of hydrogen-bond donors (Lipinski definition) is 1. The molecular formula is C21H24N3O4+. The summed E-state index contributed by atoms with van der Waals surface area (Å²) in [4.78, 5) is 6.91. The molecule has 5 rings (SSSR count). The number of aliphatic hydroxyl groups is 1. The SMILES string of the molecule is CCC[N+]1=c2cc3c(cc2OCC1)=Nc1cc2c(cc1O3)N(CCO)CCO2. The number of rotatable bonds is 4. The van der Waals surface area contributed by atoms with Crippen molar-refractivity contribution in [3.8, 4) is 23.0 Å². The van der Waals surface area contributed by atoms with Crippen LogP contribution in [0.15, 0.2) is 29.3 Å². The van der Waals surface area contributed by atoms with Gasteiger partial charge < -0.3 is 24.2 Å². The minimum Gasteiger partial charge on any atom is -0.489 e. The maximum absolute atomic E-state index is 9.35. The average Bonchev–Trinajstić information content (AvgIpc) is 2.70. The number of aliphatic hydroxyl groups excluding tert-OH is 1. The zero-order chi connectivity index (χ0) is 19.1. The van der Waals surface area contributed by atoms with Crippen LogP contribution in [0.3, 0.4) is 0 Å². The maximum Gasteiger partial charge on any atom is 0.246 e. The van der Waals surface area contributed by atoms with Gasteiger partial charge in [0.2, 0.25) is 5.36 Å². The highest BCUT2D eigenvalue weighted by molar-refractivity contribution is 5.72. The minimum absolute atomic E-state index is 0.101. The third-order valence-corrected chi connectivity index (χ3v) is 5.32. The monoisotopic (exact) mass is 382 g/mol. The van der Waals surface area contributed by atoms with Crippen molar-refractivity contribution in [1.82, 2.24) is 4.58 Å². The third-order valence-electron chi connectivity index (χ3n) is 5.32. The van der Waals surface area contributed by atoms with Crippen LogP contribution in [0.2, 0.25) is 0 Å². The quantitative estimate of drug-likeness (QED) is 0.688. The van der Waals surface area contributed by atoms with Crippen LogP contribution in [0, 0.1) is 0 Å². The fraction of sp³-hybridized carbons (Fsp3) is 0.429. The standard InChI is InChI=1S/C21H24N3O4/c1-2-3-23-5-8-26-20-10-14-18(12-16(20)23)28-19-13-17-21(11-15(19)22-14)27-9-6-24(17)4-7-25/h10-13,25H,2-9H2,1H3/q+1. The van der Waals surface area contributed by atoms with Crippen LogP contribution in [0.4, 0.5) is 11.4 Å². The smallest absolute Gasteiger partial charge is 0.246 e. The molecule has 0 unspecified atom stereocenters. The Morgan fingerprint density at radius 3 is 2.82 bits per heavy atom. The highest BCUT2D eigenvalue weighted by Gasteiger charge is 2.25. The molecular weight excluding hydrogens is 358 g/mol. The van der Waals surface area contributed by atoms with Gasteiger partial charge in [0.1, 0.15) is 36.6 Å². The van der Waals surface area contributed by atoms with Gasteiger partial charge in [-0.05, 0) is 0 Å². The molecule has 28 heavy (non-hydrogen) atoms. The fourth-order valence-electron chi connectivity index (χ4n) is 4.02. The van der Waals surface area contributed by atoms with Crippen molar-refractivity contribution < 1.29 is 19.3 Å². The summed E-state index contributed by atoms with van der Waals surface area (Å²) in [5.74, 6) is 3.08. The Kier molecular flexibility index (Phi) is 4.31. The minimum atomic E-state index is 0.101. The first kappa shape index (κ1) is 17.3. The van der Waals surface area contributed by atoms with Crippen LogP contribution >= 0.6 is 0 Å². The van der Waals surface area contributed by atoms with E-state index in [9.17, 15) is 5.11 Å². The molecule has 0 fully saturated rings. The molecule has 0 aromatic heterocycles. The number of ether oxygens (including phenoxy) is 3. The van der Waals surface area contributed by atoms with E-state index in [1.807, 2.05) is 24.3 Å². The number of hydrogen-bond acceptors (Lipinski definition) is 6. The Morgan fingerprint density at radius 1 is 1.07 bits per heavy atom. The second-order valence-corrected chi connectivity index (χ2v) is 7.18. The topological polar surface area (TPSA) is 66.5 Å². The first-order chi connectivity index (χ1) is 13.8. The largest absolute Gasteiger partial charge is 0.489 e. The van der Waals surface area contributed by atoms with E-state index in [0.29, 0.717) is 25.5 Å². The molecule has 3 aliphatic heterocycles. The van der Waals surface area contributed by atoms with Crippen LogP contribution in [-0.4, -0.2) is 51.1 Å². The molecule has 1 N–H and O–H groups in total. The molecule has 3 heterocycles. The van der Waals surface area contributed by atoms with Crippen molar-refractivity contribution in [1.29, 1.82) is 0 Å². The van der Waals surface area contributed by atoms with E-state index < -0.39 is 0 Å².